The minimum atomic E-state index is -0.322. The van der Waals surface area contributed by atoms with E-state index in [9.17, 15) is 9.59 Å². The Balaban J connectivity index is 1.37. The van der Waals surface area contributed by atoms with Gasteiger partial charge in [0.05, 0.1) is 35.7 Å². The number of methoxy groups -OCH3 is 1. The van der Waals surface area contributed by atoms with Crippen LogP contribution in [0, 0.1) is 0 Å². The van der Waals surface area contributed by atoms with Crippen LogP contribution in [0.2, 0.25) is 0 Å². The minimum Gasteiger partial charge on any atom is -0.496 e. The van der Waals surface area contributed by atoms with Gasteiger partial charge in [0.25, 0.3) is 11.5 Å². The smallest absolute Gasteiger partial charge is 0.266 e. The highest BCUT2D eigenvalue weighted by Gasteiger charge is 2.14. The van der Waals surface area contributed by atoms with Gasteiger partial charge in [0, 0.05) is 5.56 Å². The maximum atomic E-state index is 13.3. The average Bonchev–Trinajstić information content (AvgIpc) is 2.92. The lowest BCUT2D eigenvalue weighted by Crippen LogP contribution is -2.24. The molecule has 0 bridgehead atoms. The number of nitrogens with zero attached hydrogens (tertiary/aromatic N) is 3. The zero-order valence-corrected chi connectivity index (χ0v) is 20.2. The normalized spacial score (nSPS) is 11.2. The highest BCUT2D eigenvalue weighted by atomic mass is 32.2. The lowest BCUT2D eigenvalue weighted by molar-refractivity contribution is -0.118. The second kappa shape index (κ2) is 10.5. The summed E-state index contributed by atoms with van der Waals surface area (Å²) in [5.41, 5.74) is 4.43. The topological polar surface area (TPSA) is 85.6 Å². The lowest BCUT2D eigenvalue weighted by atomic mass is 10.0. The van der Waals surface area contributed by atoms with Gasteiger partial charge in [-0.2, -0.15) is 5.10 Å². The maximum absolute atomic E-state index is 13.3. The van der Waals surface area contributed by atoms with E-state index in [4.69, 9.17) is 4.74 Å². The predicted molar refractivity (Wildman–Crippen MR) is 144 cm³/mol. The van der Waals surface area contributed by atoms with Crippen LogP contribution < -0.4 is 15.7 Å². The van der Waals surface area contributed by atoms with E-state index in [1.165, 1.54) is 16.3 Å². The molecule has 178 valence electrons. The first-order valence-electron chi connectivity index (χ1n) is 11.2. The summed E-state index contributed by atoms with van der Waals surface area (Å²) < 4.78 is 7.00. The summed E-state index contributed by atoms with van der Waals surface area (Å²) in [6.07, 6.45) is 1.58. The first-order valence-corrected chi connectivity index (χ1v) is 12.2. The third-order valence-electron chi connectivity index (χ3n) is 5.63. The summed E-state index contributed by atoms with van der Waals surface area (Å²) in [6, 6.07) is 28.2. The second-order valence-corrected chi connectivity index (χ2v) is 8.81. The standard InChI is InChI=1S/C28H22N4O3S/c1-35-25-16-15-19-9-5-6-12-21(19)23(25)17-29-31-26(33)18-36-28-30-24-14-8-7-13-22(24)27(34)32(28)20-10-3-2-4-11-20/h2-17H,18H2,1H3,(H,31,33). The second-order valence-electron chi connectivity index (χ2n) is 7.87. The number of hydrogen-bond donors (Lipinski definition) is 1. The molecular weight excluding hydrogens is 472 g/mol. The fourth-order valence-electron chi connectivity index (χ4n) is 3.93. The molecule has 4 aromatic carbocycles. The molecule has 0 saturated heterocycles. The molecule has 0 radical (unpaired) electrons. The van der Waals surface area contributed by atoms with Crippen molar-refractivity contribution in [2.45, 2.75) is 5.16 Å². The number of thioether (sulfide) groups is 1. The van der Waals surface area contributed by atoms with E-state index >= 15 is 0 Å². The average molecular weight is 495 g/mol. The number of hydrazone groups is 1. The molecule has 8 heteroatoms. The zero-order valence-electron chi connectivity index (χ0n) is 19.4. The fourth-order valence-corrected chi connectivity index (χ4v) is 4.74. The Morgan fingerprint density at radius 2 is 1.69 bits per heavy atom. The molecule has 7 nitrogen and oxygen atoms in total. The Labute approximate surface area is 211 Å². The van der Waals surface area contributed by atoms with Gasteiger partial charge in [0.2, 0.25) is 0 Å². The Kier molecular flexibility index (Phi) is 6.77. The highest BCUT2D eigenvalue weighted by molar-refractivity contribution is 7.99. The van der Waals surface area contributed by atoms with Crippen molar-refractivity contribution in [3.05, 3.63) is 107 Å². The molecule has 0 aliphatic rings. The Hall–Kier alpha value is -4.43. The molecule has 0 aliphatic heterocycles. The first kappa shape index (κ1) is 23.3. The molecule has 0 aliphatic carbocycles. The van der Waals surface area contributed by atoms with Crippen molar-refractivity contribution in [1.29, 1.82) is 0 Å². The Bertz CT molecular complexity index is 1650. The van der Waals surface area contributed by atoms with Crippen LogP contribution >= 0.6 is 11.8 Å². The van der Waals surface area contributed by atoms with Crippen LogP contribution in [0.25, 0.3) is 27.4 Å². The summed E-state index contributed by atoms with van der Waals surface area (Å²) in [4.78, 5) is 30.6. The number of benzene rings is 4. The number of amides is 1. The largest absolute Gasteiger partial charge is 0.496 e. The quantitative estimate of drug-likeness (QED) is 0.152. The van der Waals surface area contributed by atoms with Gasteiger partial charge in [-0.25, -0.2) is 10.4 Å². The van der Waals surface area contributed by atoms with Gasteiger partial charge in [-0.3, -0.25) is 14.2 Å². The summed E-state index contributed by atoms with van der Waals surface area (Å²) in [5, 5.41) is 7.11. The van der Waals surface area contributed by atoms with Gasteiger partial charge in [0.15, 0.2) is 5.16 Å². The van der Waals surface area contributed by atoms with Crippen molar-refractivity contribution in [1.82, 2.24) is 15.0 Å². The molecule has 5 aromatic rings. The number of aromatic nitrogens is 2. The van der Waals surface area contributed by atoms with Gasteiger partial charge in [-0.05, 0) is 41.1 Å². The molecule has 1 heterocycles. The first-order chi connectivity index (χ1) is 17.7. The van der Waals surface area contributed by atoms with Gasteiger partial charge in [-0.15, -0.1) is 0 Å². The van der Waals surface area contributed by atoms with Crippen molar-refractivity contribution >= 4 is 45.6 Å². The summed E-state index contributed by atoms with van der Waals surface area (Å²) in [5.74, 6) is 0.368. The van der Waals surface area contributed by atoms with E-state index in [0.29, 0.717) is 27.5 Å². The van der Waals surface area contributed by atoms with E-state index in [1.807, 2.05) is 78.9 Å². The minimum absolute atomic E-state index is 0.0294. The van der Waals surface area contributed by atoms with Crippen LogP contribution in [-0.2, 0) is 4.79 Å². The molecule has 0 fully saturated rings. The van der Waals surface area contributed by atoms with E-state index in [2.05, 4.69) is 15.5 Å². The van der Waals surface area contributed by atoms with Gasteiger partial charge in [0.1, 0.15) is 5.75 Å². The van der Waals surface area contributed by atoms with Crippen molar-refractivity contribution in [2.75, 3.05) is 12.9 Å². The van der Waals surface area contributed by atoms with Crippen LogP contribution in [0.5, 0.6) is 5.75 Å². The monoisotopic (exact) mass is 494 g/mol. The van der Waals surface area contributed by atoms with Crippen LogP contribution in [0.3, 0.4) is 0 Å². The number of carbonyl (C=O) groups excluding carboxylic acids is 1. The molecule has 0 unspecified atom stereocenters. The molecule has 0 spiro atoms. The number of para-hydroxylation sites is 2. The number of rotatable bonds is 7. The van der Waals surface area contributed by atoms with Crippen LogP contribution in [0.4, 0.5) is 0 Å². The van der Waals surface area contributed by atoms with E-state index in [1.54, 1.807) is 25.5 Å². The van der Waals surface area contributed by atoms with Crippen molar-refractivity contribution < 1.29 is 9.53 Å². The molecule has 5 rings (SSSR count). The van der Waals surface area contributed by atoms with E-state index in [-0.39, 0.29) is 17.2 Å². The molecule has 1 amide bonds. The molecule has 0 atom stereocenters. The summed E-state index contributed by atoms with van der Waals surface area (Å²) >= 11 is 1.18. The summed E-state index contributed by atoms with van der Waals surface area (Å²) in [7, 11) is 1.60. The molecule has 0 saturated carbocycles. The SMILES string of the molecule is COc1ccc2ccccc2c1C=NNC(=O)CSc1nc2ccccc2c(=O)n1-c1ccccc1. The third kappa shape index (κ3) is 4.71. The fraction of sp³-hybridized carbons (Fsp3) is 0.0714. The van der Waals surface area contributed by atoms with E-state index in [0.717, 1.165) is 16.3 Å². The molecule has 36 heavy (non-hydrogen) atoms. The molecule has 1 N–H and O–H groups in total. The van der Waals surface area contributed by atoms with Gasteiger partial charge < -0.3 is 4.74 Å². The summed E-state index contributed by atoms with van der Waals surface area (Å²) in [6.45, 7) is 0. The molecule has 1 aromatic heterocycles. The van der Waals surface area contributed by atoms with Gasteiger partial charge in [-0.1, -0.05) is 72.4 Å². The van der Waals surface area contributed by atoms with Crippen molar-refractivity contribution in [3.8, 4) is 11.4 Å². The Morgan fingerprint density at radius 1 is 0.972 bits per heavy atom. The predicted octanol–water partition coefficient (Wildman–Crippen LogP) is 4.79. The van der Waals surface area contributed by atoms with Crippen LogP contribution in [-0.4, -0.2) is 34.5 Å². The maximum Gasteiger partial charge on any atom is 0.266 e. The van der Waals surface area contributed by atoms with Crippen LogP contribution in [0.15, 0.2) is 106 Å². The van der Waals surface area contributed by atoms with Crippen molar-refractivity contribution in [3.63, 3.8) is 0 Å². The van der Waals surface area contributed by atoms with Crippen LogP contribution in [0.1, 0.15) is 5.56 Å². The number of nitrogens with one attached hydrogen (secondary N) is 1. The number of ether oxygens (including phenoxy) is 1. The van der Waals surface area contributed by atoms with Crippen molar-refractivity contribution in [2.24, 2.45) is 5.10 Å². The Morgan fingerprint density at radius 3 is 2.50 bits per heavy atom. The van der Waals surface area contributed by atoms with Gasteiger partial charge >= 0.3 is 0 Å². The highest BCUT2D eigenvalue weighted by Crippen LogP contribution is 2.26. The number of carbonyl (C=O) groups is 1. The third-order valence-corrected chi connectivity index (χ3v) is 6.56. The number of hydrogen-bond acceptors (Lipinski definition) is 6. The van der Waals surface area contributed by atoms with E-state index < -0.39 is 0 Å². The lowest BCUT2D eigenvalue weighted by Gasteiger charge is -2.12. The molecular formula is C28H22N4O3S. The number of fused-ring (bicyclic) bond motifs is 2. The zero-order chi connectivity index (χ0) is 24.9.